The van der Waals surface area contributed by atoms with Crippen LogP contribution in [0.5, 0.6) is 0 Å². The Kier molecular flexibility index (Phi) is 3.82. The van der Waals surface area contributed by atoms with E-state index in [1.807, 2.05) is 6.07 Å². The van der Waals surface area contributed by atoms with E-state index in [1.54, 1.807) is 19.1 Å². The summed E-state index contributed by atoms with van der Waals surface area (Å²) in [5.41, 5.74) is 1.37. The monoisotopic (exact) mass is 288 g/mol. The number of carbonyl (C=O) groups is 1. The molecule has 0 atom stereocenters. The van der Waals surface area contributed by atoms with Crippen LogP contribution in [0.2, 0.25) is 5.02 Å². The van der Waals surface area contributed by atoms with Crippen LogP contribution in [0.1, 0.15) is 21.6 Å². The van der Waals surface area contributed by atoms with Gasteiger partial charge in [0.15, 0.2) is 0 Å². The fourth-order valence-corrected chi connectivity index (χ4v) is 1.77. The van der Waals surface area contributed by atoms with Crippen LogP contribution < -0.4 is 5.32 Å². The van der Waals surface area contributed by atoms with Crippen molar-refractivity contribution in [2.45, 2.75) is 6.92 Å². The Morgan fingerprint density at radius 3 is 2.80 bits per heavy atom. The highest BCUT2D eigenvalue weighted by atomic mass is 35.5. The van der Waals surface area contributed by atoms with Crippen molar-refractivity contribution in [1.82, 2.24) is 9.97 Å². The van der Waals surface area contributed by atoms with Crippen LogP contribution in [0, 0.1) is 18.3 Å². The number of benzene rings is 1. The molecule has 20 heavy (non-hydrogen) atoms. The second-order valence-electron chi connectivity index (χ2n) is 3.93. The van der Waals surface area contributed by atoms with Gasteiger partial charge in [-0.2, -0.15) is 5.26 Å². The van der Waals surface area contributed by atoms with Crippen LogP contribution in [0.15, 0.2) is 24.4 Å². The minimum absolute atomic E-state index is 0.0430. The summed E-state index contributed by atoms with van der Waals surface area (Å²) in [6.07, 6.45) is 1.23. The molecule has 1 heterocycles. The zero-order valence-electron chi connectivity index (χ0n) is 10.4. The van der Waals surface area contributed by atoms with E-state index in [0.29, 0.717) is 22.0 Å². The van der Waals surface area contributed by atoms with Crippen LogP contribution in [-0.2, 0) is 0 Å². The smallest absolute Gasteiger partial charge is 0.339 e. The first-order valence-corrected chi connectivity index (χ1v) is 5.92. The third-order valence-electron chi connectivity index (χ3n) is 2.55. The highest BCUT2D eigenvalue weighted by Crippen LogP contribution is 2.25. The standard InChI is InChI=1S/C13H9ClN4O2/c1-7-9(12(19)20)6-16-13(17-7)18-11-3-2-8(5-15)4-10(11)14/h2-4,6H,1H3,(H,19,20)(H,16,17,18). The zero-order valence-corrected chi connectivity index (χ0v) is 11.1. The van der Waals surface area contributed by atoms with Crippen molar-refractivity contribution in [3.63, 3.8) is 0 Å². The van der Waals surface area contributed by atoms with Gasteiger partial charge >= 0.3 is 5.97 Å². The van der Waals surface area contributed by atoms with E-state index >= 15 is 0 Å². The van der Waals surface area contributed by atoms with Crippen molar-refractivity contribution in [3.05, 3.63) is 46.2 Å². The second-order valence-corrected chi connectivity index (χ2v) is 4.34. The van der Waals surface area contributed by atoms with E-state index in [0.717, 1.165) is 0 Å². The number of aromatic carboxylic acids is 1. The number of hydrogen-bond donors (Lipinski definition) is 2. The van der Waals surface area contributed by atoms with Gasteiger partial charge in [0.05, 0.1) is 33.6 Å². The molecule has 0 radical (unpaired) electrons. The number of nitrogens with zero attached hydrogens (tertiary/aromatic N) is 3. The number of aromatic nitrogens is 2. The molecular weight excluding hydrogens is 280 g/mol. The van der Waals surface area contributed by atoms with Gasteiger partial charge in [0.1, 0.15) is 0 Å². The average Bonchev–Trinajstić information content (AvgIpc) is 2.40. The van der Waals surface area contributed by atoms with Gasteiger partial charge in [-0.25, -0.2) is 14.8 Å². The lowest BCUT2D eigenvalue weighted by Gasteiger charge is -2.08. The summed E-state index contributed by atoms with van der Waals surface area (Å²) in [4.78, 5) is 18.8. The third kappa shape index (κ3) is 2.84. The van der Waals surface area contributed by atoms with Crippen LogP contribution in [0.25, 0.3) is 0 Å². The Bertz CT molecular complexity index is 725. The van der Waals surface area contributed by atoms with Gasteiger partial charge in [-0.3, -0.25) is 0 Å². The first-order chi connectivity index (χ1) is 9.51. The molecular formula is C13H9ClN4O2. The Balaban J connectivity index is 2.29. The third-order valence-corrected chi connectivity index (χ3v) is 2.87. The molecule has 0 fully saturated rings. The fourth-order valence-electron chi connectivity index (χ4n) is 1.54. The quantitative estimate of drug-likeness (QED) is 0.901. The summed E-state index contributed by atoms with van der Waals surface area (Å²) in [6, 6.07) is 6.73. The summed E-state index contributed by atoms with van der Waals surface area (Å²) in [5, 5.41) is 20.9. The van der Waals surface area contributed by atoms with E-state index in [9.17, 15) is 4.79 Å². The Morgan fingerprint density at radius 1 is 1.50 bits per heavy atom. The molecule has 0 unspecified atom stereocenters. The summed E-state index contributed by atoms with van der Waals surface area (Å²) >= 11 is 6.02. The maximum absolute atomic E-state index is 10.9. The van der Waals surface area contributed by atoms with Crippen molar-refractivity contribution in [2.75, 3.05) is 5.32 Å². The van der Waals surface area contributed by atoms with Gasteiger partial charge in [0.25, 0.3) is 0 Å². The highest BCUT2D eigenvalue weighted by molar-refractivity contribution is 6.33. The molecule has 7 heteroatoms. The molecule has 2 aromatic rings. The number of rotatable bonds is 3. The number of carboxylic acids is 1. The molecule has 0 spiro atoms. The summed E-state index contributed by atoms with van der Waals surface area (Å²) in [7, 11) is 0. The van der Waals surface area contributed by atoms with Crippen LogP contribution in [0.3, 0.4) is 0 Å². The van der Waals surface area contributed by atoms with Crippen LogP contribution >= 0.6 is 11.6 Å². The lowest BCUT2D eigenvalue weighted by atomic mass is 10.2. The van der Waals surface area contributed by atoms with Gasteiger partial charge in [0.2, 0.25) is 5.95 Å². The number of halogens is 1. The minimum atomic E-state index is -1.08. The molecule has 1 aromatic heterocycles. The van der Waals surface area contributed by atoms with E-state index in [2.05, 4.69) is 15.3 Å². The van der Waals surface area contributed by atoms with Crippen molar-refractivity contribution in [2.24, 2.45) is 0 Å². The van der Waals surface area contributed by atoms with Crippen molar-refractivity contribution < 1.29 is 9.90 Å². The van der Waals surface area contributed by atoms with E-state index in [4.69, 9.17) is 22.0 Å². The molecule has 0 aliphatic carbocycles. The molecule has 2 rings (SSSR count). The zero-order chi connectivity index (χ0) is 14.7. The summed E-state index contributed by atoms with van der Waals surface area (Å²) in [5.74, 6) is -0.843. The largest absolute Gasteiger partial charge is 0.478 e. The SMILES string of the molecule is Cc1nc(Nc2ccc(C#N)cc2Cl)ncc1C(=O)O. The van der Waals surface area contributed by atoms with E-state index < -0.39 is 5.97 Å². The molecule has 0 saturated carbocycles. The molecule has 0 saturated heterocycles. The topological polar surface area (TPSA) is 98.9 Å². The number of aryl methyl sites for hydroxylation is 1. The summed E-state index contributed by atoms with van der Waals surface area (Å²) in [6.45, 7) is 1.58. The van der Waals surface area contributed by atoms with Crippen LogP contribution in [0.4, 0.5) is 11.6 Å². The molecule has 0 bridgehead atoms. The minimum Gasteiger partial charge on any atom is -0.478 e. The highest BCUT2D eigenvalue weighted by Gasteiger charge is 2.10. The van der Waals surface area contributed by atoms with Gasteiger partial charge in [0, 0.05) is 6.20 Å². The fraction of sp³-hybridized carbons (Fsp3) is 0.0769. The van der Waals surface area contributed by atoms with E-state index in [-0.39, 0.29) is 11.5 Å². The molecule has 1 aromatic carbocycles. The van der Waals surface area contributed by atoms with E-state index in [1.165, 1.54) is 12.3 Å². The molecule has 0 amide bonds. The van der Waals surface area contributed by atoms with Gasteiger partial charge in [-0.15, -0.1) is 0 Å². The molecule has 6 nitrogen and oxygen atoms in total. The number of carboxylic acid groups (broad SMARTS) is 1. The number of hydrogen-bond acceptors (Lipinski definition) is 5. The van der Waals surface area contributed by atoms with Gasteiger partial charge in [-0.05, 0) is 25.1 Å². The predicted molar refractivity (Wildman–Crippen MR) is 73.2 cm³/mol. The maximum atomic E-state index is 10.9. The lowest BCUT2D eigenvalue weighted by Crippen LogP contribution is -2.06. The van der Waals surface area contributed by atoms with Crippen molar-refractivity contribution in [3.8, 4) is 6.07 Å². The first kappa shape index (κ1) is 13.8. The second kappa shape index (κ2) is 5.55. The Hall–Kier alpha value is -2.65. The molecule has 100 valence electrons. The number of nitriles is 1. The first-order valence-electron chi connectivity index (χ1n) is 5.55. The number of anilines is 2. The van der Waals surface area contributed by atoms with Gasteiger partial charge in [-0.1, -0.05) is 11.6 Å². The van der Waals surface area contributed by atoms with Crippen molar-refractivity contribution >= 4 is 29.2 Å². The Morgan fingerprint density at radius 2 is 2.25 bits per heavy atom. The normalized spacial score (nSPS) is 9.85. The van der Waals surface area contributed by atoms with Crippen molar-refractivity contribution in [1.29, 1.82) is 5.26 Å². The maximum Gasteiger partial charge on any atom is 0.339 e. The number of nitrogens with one attached hydrogen (secondary N) is 1. The average molecular weight is 289 g/mol. The molecule has 2 N–H and O–H groups in total. The predicted octanol–water partition coefficient (Wildman–Crippen LogP) is 2.75. The van der Waals surface area contributed by atoms with Gasteiger partial charge < -0.3 is 10.4 Å². The molecule has 0 aliphatic heterocycles. The Labute approximate surface area is 119 Å². The molecule has 0 aliphatic rings. The lowest BCUT2D eigenvalue weighted by molar-refractivity contribution is 0.0695. The van der Waals surface area contributed by atoms with Crippen LogP contribution in [-0.4, -0.2) is 21.0 Å². The summed E-state index contributed by atoms with van der Waals surface area (Å²) < 4.78 is 0.